The SMILES string of the molecule is COC1CCN(c2ncnc(NN)c2Br)CC1. The Labute approximate surface area is 109 Å². The quantitative estimate of drug-likeness (QED) is 0.644. The minimum Gasteiger partial charge on any atom is -0.381 e. The topological polar surface area (TPSA) is 76.3 Å². The lowest BCUT2D eigenvalue weighted by atomic mass is 10.1. The molecule has 7 heteroatoms. The van der Waals surface area contributed by atoms with Gasteiger partial charge in [0.25, 0.3) is 0 Å². The van der Waals surface area contributed by atoms with E-state index in [0.29, 0.717) is 11.9 Å². The first-order valence-electron chi connectivity index (χ1n) is 5.51. The zero-order valence-corrected chi connectivity index (χ0v) is 11.3. The Morgan fingerprint density at radius 3 is 2.76 bits per heavy atom. The van der Waals surface area contributed by atoms with Crippen LogP contribution in [-0.2, 0) is 4.74 Å². The largest absolute Gasteiger partial charge is 0.381 e. The molecule has 1 aromatic rings. The van der Waals surface area contributed by atoms with E-state index in [-0.39, 0.29) is 0 Å². The van der Waals surface area contributed by atoms with Crippen molar-refractivity contribution in [2.24, 2.45) is 5.84 Å². The number of anilines is 2. The zero-order valence-electron chi connectivity index (χ0n) is 9.69. The van der Waals surface area contributed by atoms with Gasteiger partial charge in [0.1, 0.15) is 16.6 Å². The number of nitrogen functional groups attached to an aromatic ring is 1. The first-order chi connectivity index (χ1) is 8.26. The maximum atomic E-state index is 5.38. The number of halogens is 1. The fourth-order valence-corrected chi connectivity index (χ4v) is 2.55. The van der Waals surface area contributed by atoms with Gasteiger partial charge < -0.3 is 15.1 Å². The summed E-state index contributed by atoms with van der Waals surface area (Å²) in [6.45, 7) is 1.86. The summed E-state index contributed by atoms with van der Waals surface area (Å²) >= 11 is 3.47. The predicted molar refractivity (Wildman–Crippen MR) is 69.8 cm³/mol. The van der Waals surface area contributed by atoms with Gasteiger partial charge in [-0.2, -0.15) is 0 Å². The summed E-state index contributed by atoms with van der Waals surface area (Å²) in [6.07, 6.45) is 3.90. The van der Waals surface area contributed by atoms with Gasteiger partial charge in [0.2, 0.25) is 0 Å². The highest BCUT2D eigenvalue weighted by molar-refractivity contribution is 9.10. The number of hydrazine groups is 1. The highest BCUT2D eigenvalue weighted by atomic mass is 79.9. The molecule has 0 bridgehead atoms. The lowest BCUT2D eigenvalue weighted by molar-refractivity contribution is 0.0818. The second kappa shape index (κ2) is 5.61. The van der Waals surface area contributed by atoms with Gasteiger partial charge in [0.05, 0.1) is 6.10 Å². The van der Waals surface area contributed by atoms with Gasteiger partial charge in [0, 0.05) is 20.2 Å². The molecule has 1 aliphatic rings. The minimum absolute atomic E-state index is 0.360. The summed E-state index contributed by atoms with van der Waals surface area (Å²) in [4.78, 5) is 10.5. The van der Waals surface area contributed by atoms with Crippen LogP contribution in [-0.4, -0.2) is 36.3 Å². The van der Waals surface area contributed by atoms with Crippen LogP contribution in [0, 0.1) is 0 Å². The highest BCUT2D eigenvalue weighted by Gasteiger charge is 2.22. The second-order valence-electron chi connectivity index (χ2n) is 3.93. The molecule has 0 saturated carbocycles. The fraction of sp³-hybridized carbons (Fsp3) is 0.600. The van der Waals surface area contributed by atoms with Crippen molar-refractivity contribution < 1.29 is 4.74 Å². The number of methoxy groups -OCH3 is 1. The smallest absolute Gasteiger partial charge is 0.159 e. The number of nitrogens with zero attached hydrogens (tertiary/aromatic N) is 3. The van der Waals surface area contributed by atoms with Crippen LogP contribution >= 0.6 is 15.9 Å². The van der Waals surface area contributed by atoms with E-state index in [4.69, 9.17) is 10.6 Å². The first-order valence-corrected chi connectivity index (χ1v) is 6.30. The molecule has 0 atom stereocenters. The van der Waals surface area contributed by atoms with Gasteiger partial charge in [-0.25, -0.2) is 15.8 Å². The predicted octanol–water partition coefficient (Wildman–Crippen LogP) is 1.14. The molecular weight excluding hydrogens is 286 g/mol. The van der Waals surface area contributed by atoms with E-state index in [9.17, 15) is 0 Å². The molecule has 1 aromatic heterocycles. The van der Waals surface area contributed by atoms with Crippen molar-refractivity contribution in [3.05, 3.63) is 10.8 Å². The van der Waals surface area contributed by atoms with E-state index in [0.717, 1.165) is 36.2 Å². The fourth-order valence-electron chi connectivity index (χ4n) is 1.98. The number of aromatic nitrogens is 2. The summed E-state index contributed by atoms with van der Waals surface area (Å²) in [6, 6.07) is 0. The highest BCUT2D eigenvalue weighted by Crippen LogP contribution is 2.30. The van der Waals surface area contributed by atoms with Crippen LogP contribution in [0.2, 0.25) is 0 Å². The minimum atomic E-state index is 0.360. The molecule has 0 radical (unpaired) electrons. The molecular formula is C10H16BrN5O. The number of nitrogens with two attached hydrogens (primary N) is 1. The van der Waals surface area contributed by atoms with E-state index < -0.39 is 0 Å². The van der Waals surface area contributed by atoms with Crippen LogP contribution in [0.3, 0.4) is 0 Å². The van der Waals surface area contributed by atoms with Crippen molar-refractivity contribution in [3.8, 4) is 0 Å². The van der Waals surface area contributed by atoms with E-state index >= 15 is 0 Å². The molecule has 0 spiro atoms. The number of nitrogens with one attached hydrogen (secondary N) is 1. The molecule has 17 heavy (non-hydrogen) atoms. The van der Waals surface area contributed by atoms with Crippen molar-refractivity contribution in [1.29, 1.82) is 0 Å². The van der Waals surface area contributed by atoms with Crippen molar-refractivity contribution in [1.82, 2.24) is 9.97 Å². The van der Waals surface area contributed by atoms with Crippen LogP contribution in [0.15, 0.2) is 10.8 Å². The Morgan fingerprint density at radius 1 is 1.47 bits per heavy atom. The molecule has 3 N–H and O–H groups in total. The standard InChI is InChI=1S/C10H16BrN5O/c1-17-7-2-4-16(5-3-7)10-8(11)9(15-12)13-6-14-10/h6-7H,2-5,12H2,1H3,(H,13,14,15). The Bertz CT molecular complexity index is 381. The monoisotopic (exact) mass is 301 g/mol. The summed E-state index contributed by atoms with van der Waals surface area (Å²) in [7, 11) is 1.76. The number of ether oxygens (including phenoxy) is 1. The molecule has 6 nitrogen and oxygen atoms in total. The van der Waals surface area contributed by atoms with Crippen molar-refractivity contribution >= 4 is 27.6 Å². The maximum absolute atomic E-state index is 5.38. The number of piperidine rings is 1. The number of hydrogen-bond donors (Lipinski definition) is 2. The van der Waals surface area contributed by atoms with Crippen LogP contribution in [0.5, 0.6) is 0 Å². The van der Waals surface area contributed by atoms with Crippen molar-refractivity contribution in [2.45, 2.75) is 18.9 Å². The maximum Gasteiger partial charge on any atom is 0.159 e. The molecule has 0 amide bonds. The Hall–Kier alpha value is -0.920. The molecule has 2 rings (SSSR count). The molecule has 1 fully saturated rings. The summed E-state index contributed by atoms with van der Waals surface area (Å²) in [5.74, 6) is 6.86. The summed E-state index contributed by atoms with van der Waals surface area (Å²) in [5, 5.41) is 0. The third kappa shape index (κ3) is 2.67. The van der Waals surface area contributed by atoms with Crippen LogP contribution in [0.4, 0.5) is 11.6 Å². The summed E-state index contributed by atoms with van der Waals surface area (Å²) in [5.41, 5.74) is 2.55. The molecule has 0 aliphatic carbocycles. The molecule has 0 aromatic carbocycles. The van der Waals surface area contributed by atoms with Gasteiger partial charge in [-0.05, 0) is 28.8 Å². The second-order valence-corrected chi connectivity index (χ2v) is 4.72. The summed E-state index contributed by atoms with van der Waals surface area (Å²) < 4.78 is 6.15. The Kier molecular flexibility index (Phi) is 4.14. The third-order valence-corrected chi connectivity index (χ3v) is 3.71. The van der Waals surface area contributed by atoms with Gasteiger partial charge in [-0.3, -0.25) is 0 Å². The molecule has 1 aliphatic heterocycles. The van der Waals surface area contributed by atoms with E-state index in [1.807, 2.05) is 0 Å². The van der Waals surface area contributed by atoms with E-state index in [1.165, 1.54) is 6.33 Å². The van der Waals surface area contributed by atoms with Crippen LogP contribution < -0.4 is 16.2 Å². The molecule has 2 heterocycles. The third-order valence-electron chi connectivity index (χ3n) is 2.98. The first kappa shape index (κ1) is 12.5. The number of rotatable bonds is 3. The van der Waals surface area contributed by atoms with Crippen LogP contribution in [0.25, 0.3) is 0 Å². The Balaban J connectivity index is 2.13. The van der Waals surface area contributed by atoms with E-state index in [2.05, 4.69) is 36.2 Å². The van der Waals surface area contributed by atoms with Gasteiger partial charge in [-0.15, -0.1) is 0 Å². The van der Waals surface area contributed by atoms with Crippen LogP contribution in [0.1, 0.15) is 12.8 Å². The average molecular weight is 302 g/mol. The lowest BCUT2D eigenvalue weighted by Gasteiger charge is -2.32. The zero-order chi connectivity index (χ0) is 12.3. The van der Waals surface area contributed by atoms with Gasteiger partial charge in [-0.1, -0.05) is 0 Å². The molecule has 0 unspecified atom stereocenters. The molecule has 94 valence electrons. The van der Waals surface area contributed by atoms with Gasteiger partial charge >= 0.3 is 0 Å². The van der Waals surface area contributed by atoms with Crippen molar-refractivity contribution in [3.63, 3.8) is 0 Å². The molecule has 1 saturated heterocycles. The lowest BCUT2D eigenvalue weighted by Crippen LogP contribution is -2.37. The van der Waals surface area contributed by atoms with Crippen molar-refractivity contribution in [2.75, 3.05) is 30.5 Å². The number of hydrogen-bond acceptors (Lipinski definition) is 6. The van der Waals surface area contributed by atoms with E-state index in [1.54, 1.807) is 7.11 Å². The Morgan fingerprint density at radius 2 is 2.18 bits per heavy atom. The van der Waals surface area contributed by atoms with Gasteiger partial charge in [0.15, 0.2) is 5.82 Å². The normalized spacial score (nSPS) is 17.2. The average Bonchev–Trinajstić information content (AvgIpc) is 2.39.